The van der Waals surface area contributed by atoms with E-state index in [2.05, 4.69) is 0 Å². The average molecular weight is 213 g/mol. The van der Waals surface area contributed by atoms with Gasteiger partial charge in [-0.15, -0.1) is 11.6 Å². The molecule has 1 aromatic rings. The minimum atomic E-state index is 0.0411. The summed E-state index contributed by atoms with van der Waals surface area (Å²) in [4.78, 5) is 11.1. The summed E-state index contributed by atoms with van der Waals surface area (Å²) < 4.78 is 5.37. The van der Waals surface area contributed by atoms with E-state index in [1.54, 1.807) is 18.2 Å². The number of carbonyl (C=O) groups is 1. The molecule has 0 aromatic heterocycles. The van der Waals surface area contributed by atoms with Crippen molar-refractivity contribution in [1.29, 1.82) is 0 Å². The van der Waals surface area contributed by atoms with Crippen molar-refractivity contribution >= 4 is 17.4 Å². The van der Waals surface area contributed by atoms with Gasteiger partial charge in [-0.25, -0.2) is 0 Å². The smallest absolute Gasteiger partial charge is 0.159 e. The lowest BCUT2D eigenvalue weighted by atomic mass is 10.1. The van der Waals surface area contributed by atoms with E-state index in [0.717, 1.165) is 11.3 Å². The van der Waals surface area contributed by atoms with Crippen LogP contribution in [0.5, 0.6) is 5.75 Å². The Balaban J connectivity index is 3.04. The quantitative estimate of drug-likeness (QED) is 0.567. The molecule has 0 aliphatic heterocycles. The van der Waals surface area contributed by atoms with Crippen LogP contribution in [0.1, 0.15) is 29.8 Å². The van der Waals surface area contributed by atoms with Gasteiger partial charge in [-0.2, -0.15) is 0 Å². The van der Waals surface area contributed by atoms with E-state index in [1.807, 2.05) is 6.92 Å². The van der Waals surface area contributed by atoms with Crippen molar-refractivity contribution < 1.29 is 9.53 Å². The van der Waals surface area contributed by atoms with Gasteiger partial charge in [0.15, 0.2) is 5.78 Å². The molecule has 76 valence electrons. The molecule has 0 saturated carbocycles. The van der Waals surface area contributed by atoms with Crippen LogP contribution in [0.25, 0.3) is 0 Å². The fraction of sp³-hybridized carbons (Fsp3) is 0.364. The van der Waals surface area contributed by atoms with E-state index < -0.39 is 0 Å². The third-order valence-corrected chi connectivity index (χ3v) is 2.20. The summed E-state index contributed by atoms with van der Waals surface area (Å²) in [6, 6.07) is 5.32. The summed E-state index contributed by atoms with van der Waals surface area (Å²) in [5.74, 6) is 1.16. The number of ketones is 1. The zero-order valence-corrected chi connectivity index (χ0v) is 9.10. The summed E-state index contributed by atoms with van der Waals surface area (Å²) in [5.41, 5.74) is 1.53. The van der Waals surface area contributed by atoms with Gasteiger partial charge in [0.25, 0.3) is 0 Å². The van der Waals surface area contributed by atoms with Crippen molar-refractivity contribution in [2.75, 3.05) is 6.61 Å². The van der Waals surface area contributed by atoms with Crippen LogP contribution >= 0.6 is 11.6 Å². The Kier molecular flexibility index (Phi) is 3.96. The van der Waals surface area contributed by atoms with Crippen LogP contribution in [0, 0.1) is 0 Å². The van der Waals surface area contributed by atoms with Crippen molar-refractivity contribution in [3.63, 3.8) is 0 Å². The number of hydrogen-bond acceptors (Lipinski definition) is 2. The number of halogens is 1. The highest BCUT2D eigenvalue weighted by molar-refractivity contribution is 6.17. The standard InChI is InChI=1S/C11H13ClO2/c1-3-14-11-5-4-9(8(2)13)6-10(11)7-12/h4-6H,3,7H2,1-2H3. The Labute approximate surface area is 88.8 Å². The molecule has 0 atom stereocenters. The molecule has 3 heteroatoms. The molecular weight excluding hydrogens is 200 g/mol. The number of benzene rings is 1. The molecule has 0 heterocycles. The second-order valence-corrected chi connectivity index (χ2v) is 3.21. The van der Waals surface area contributed by atoms with E-state index in [9.17, 15) is 4.79 Å². The highest BCUT2D eigenvalue weighted by atomic mass is 35.5. The van der Waals surface area contributed by atoms with Gasteiger partial charge in [-0.3, -0.25) is 4.79 Å². The van der Waals surface area contributed by atoms with Gasteiger partial charge in [0.2, 0.25) is 0 Å². The minimum absolute atomic E-state index is 0.0411. The van der Waals surface area contributed by atoms with Crippen LogP contribution in [0.15, 0.2) is 18.2 Å². The first-order valence-corrected chi connectivity index (χ1v) is 5.05. The number of rotatable bonds is 4. The molecule has 1 aromatic carbocycles. The number of ether oxygens (including phenoxy) is 1. The molecule has 0 saturated heterocycles. The Morgan fingerprint density at radius 2 is 2.21 bits per heavy atom. The fourth-order valence-electron chi connectivity index (χ4n) is 1.20. The third-order valence-electron chi connectivity index (χ3n) is 1.91. The van der Waals surface area contributed by atoms with Crippen molar-refractivity contribution in [1.82, 2.24) is 0 Å². The Bertz CT molecular complexity index is 334. The molecule has 14 heavy (non-hydrogen) atoms. The van der Waals surface area contributed by atoms with Gasteiger partial charge in [-0.05, 0) is 32.0 Å². The molecule has 0 radical (unpaired) electrons. The number of hydrogen-bond donors (Lipinski definition) is 0. The van der Waals surface area contributed by atoms with Crippen LogP contribution in [-0.2, 0) is 5.88 Å². The first-order chi connectivity index (χ1) is 6.69. The molecule has 0 aliphatic rings. The summed E-state index contributed by atoms with van der Waals surface area (Å²) in [6.07, 6.45) is 0. The number of carbonyl (C=O) groups excluding carboxylic acids is 1. The second-order valence-electron chi connectivity index (χ2n) is 2.95. The van der Waals surface area contributed by atoms with Crippen LogP contribution in [-0.4, -0.2) is 12.4 Å². The van der Waals surface area contributed by atoms with Crippen molar-refractivity contribution in [3.8, 4) is 5.75 Å². The van der Waals surface area contributed by atoms with E-state index in [-0.39, 0.29) is 5.78 Å². The second kappa shape index (κ2) is 5.01. The van der Waals surface area contributed by atoms with Crippen LogP contribution in [0.2, 0.25) is 0 Å². The van der Waals surface area contributed by atoms with E-state index in [4.69, 9.17) is 16.3 Å². The molecule has 0 N–H and O–H groups in total. The molecule has 0 spiro atoms. The van der Waals surface area contributed by atoms with Crippen molar-refractivity contribution in [2.24, 2.45) is 0 Å². The van der Waals surface area contributed by atoms with Crippen LogP contribution in [0.3, 0.4) is 0 Å². The molecule has 0 fully saturated rings. The maximum Gasteiger partial charge on any atom is 0.159 e. The lowest BCUT2D eigenvalue weighted by Crippen LogP contribution is -1.98. The highest BCUT2D eigenvalue weighted by Gasteiger charge is 2.06. The zero-order valence-electron chi connectivity index (χ0n) is 8.34. The van der Waals surface area contributed by atoms with Gasteiger partial charge in [0.1, 0.15) is 5.75 Å². The van der Waals surface area contributed by atoms with Gasteiger partial charge < -0.3 is 4.74 Å². The first-order valence-electron chi connectivity index (χ1n) is 4.51. The van der Waals surface area contributed by atoms with E-state index >= 15 is 0 Å². The van der Waals surface area contributed by atoms with Gasteiger partial charge in [-0.1, -0.05) is 0 Å². The Morgan fingerprint density at radius 1 is 1.50 bits per heavy atom. The average Bonchev–Trinajstić information content (AvgIpc) is 2.18. The third kappa shape index (κ3) is 2.48. The predicted octanol–water partition coefficient (Wildman–Crippen LogP) is 3.03. The van der Waals surface area contributed by atoms with Crippen LogP contribution in [0.4, 0.5) is 0 Å². The molecule has 0 unspecified atom stereocenters. The summed E-state index contributed by atoms with van der Waals surface area (Å²) in [6.45, 7) is 4.05. The normalized spacial score (nSPS) is 9.93. The number of Topliss-reactive ketones (excluding diaryl/α,β-unsaturated/α-hetero) is 1. The monoisotopic (exact) mass is 212 g/mol. The Morgan fingerprint density at radius 3 is 2.71 bits per heavy atom. The lowest BCUT2D eigenvalue weighted by molar-refractivity contribution is 0.101. The van der Waals surface area contributed by atoms with Crippen LogP contribution < -0.4 is 4.74 Å². The fourth-order valence-corrected chi connectivity index (χ4v) is 1.41. The molecule has 1 rings (SSSR count). The van der Waals surface area contributed by atoms with Gasteiger partial charge in [0, 0.05) is 11.1 Å². The van der Waals surface area contributed by atoms with E-state index in [0.29, 0.717) is 18.1 Å². The summed E-state index contributed by atoms with van der Waals surface area (Å²) in [5, 5.41) is 0. The first kappa shape index (κ1) is 11.1. The maximum atomic E-state index is 11.1. The largest absolute Gasteiger partial charge is 0.494 e. The highest BCUT2D eigenvalue weighted by Crippen LogP contribution is 2.22. The zero-order chi connectivity index (χ0) is 10.6. The van der Waals surface area contributed by atoms with Gasteiger partial charge in [0.05, 0.1) is 12.5 Å². The van der Waals surface area contributed by atoms with E-state index in [1.165, 1.54) is 6.92 Å². The SMILES string of the molecule is CCOc1ccc(C(C)=O)cc1CCl. The van der Waals surface area contributed by atoms with Gasteiger partial charge >= 0.3 is 0 Å². The topological polar surface area (TPSA) is 26.3 Å². The predicted molar refractivity (Wildman–Crippen MR) is 57.2 cm³/mol. The molecule has 2 nitrogen and oxygen atoms in total. The maximum absolute atomic E-state index is 11.1. The summed E-state index contributed by atoms with van der Waals surface area (Å²) >= 11 is 5.75. The molecule has 0 amide bonds. The molecular formula is C11H13ClO2. The number of alkyl halides is 1. The van der Waals surface area contributed by atoms with Crippen molar-refractivity contribution in [2.45, 2.75) is 19.7 Å². The Hall–Kier alpha value is -1.02. The molecule has 0 bridgehead atoms. The lowest BCUT2D eigenvalue weighted by Gasteiger charge is -2.08. The van der Waals surface area contributed by atoms with Crippen molar-refractivity contribution in [3.05, 3.63) is 29.3 Å². The minimum Gasteiger partial charge on any atom is -0.494 e. The summed E-state index contributed by atoms with van der Waals surface area (Å²) in [7, 11) is 0. The molecule has 0 aliphatic carbocycles.